The maximum absolute atomic E-state index is 6.01. The molecule has 0 saturated heterocycles. The minimum Gasteiger partial charge on any atom is -0.490 e. The normalized spacial score (nSPS) is 12.6. The molecule has 1 atom stereocenters. The average molecular weight is 264 g/mol. The van der Waals surface area contributed by atoms with Crippen LogP contribution in [-0.2, 0) is 5.88 Å². The molecule has 0 bridgehead atoms. The number of hydrogen-bond acceptors (Lipinski definition) is 2. The number of rotatable bonds is 5. The molecule has 1 unspecified atom stereocenters. The first-order chi connectivity index (χ1) is 8.74. The van der Waals surface area contributed by atoms with E-state index in [1.165, 1.54) is 0 Å². The molecule has 0 aliphatic carbocycles. The Kier molecular flexibility index (Phi) is 4.43. The van der Waals surface area contributed by atoms with E-state index in [2.05, 4.69) is 18.8 Å². The number of benzene rings is 1. The van der Waals surface area contributed by atoms with E-state index in [9.17, 15) is 0 Å². The number of halogens is 1. The lowest BCUT2D eigenvalue weighted by Crippen LogP contribution is -2.11. The summed E-state index contributed by atoms with van der Waals surface area (Å²) in [6.07, 6.45) is 2.38. The van der Waals surface area contributed by atoms with Crippen LogP contribution in [0.4, 0.5) is 0 Å². The van der Waals surface area contributed by atoms with Crippen molar-refractivity contribution in [3.63, 3.8) is 0 Å². The Bertz CT molecular complexity index is 527. The largest absolute Gasteiger partial charge is 0.490 e. The average Bonchev–Trinajstić information content (AvgIpc) is 2.38. The summed E-state index contributed by atoms with van der Waals surface area (Å²) in [4.78, 5) is 4.50. The quantitative estimate of drug-likeness (QED) is 0.739. The van der Waals surface area contributed by atoms with Crippen LogP contribution in [-0.4, -0.2) is 11.1 Å². The van der Waals surface area contributed by atoms with E-state index >= 15 is 0 Å². The smallest absolute Gasteiger partial charge is 0.130 e. The predicted octanol–water partition coefficient (Wildman–Crippen LogP) is 4.54. The van der Waals surface area contributed by atoms with E-state index in [1.54, 1.807) is 0 Å². The first-order valence-electron chi connectivity index (χ1n) is 6.36. The highest BCUT2D eigenvalue weighted by Gasteiger charge is 2.09. The lowest BCUT2D eigenvalue weighted by atomic mass is 10.1. The Morgan fingerprint density at radius 3 is 2.83 bits per heavy atom. The zero-order valence-corrected chi connectivity index (χ0v) is 11.6. The molecule has 2 nitrogen and oxygen atoms in total. The summed E-state index contributed by atoms with van der Waals surface area (Å²) in [5, 5.41) is 1.05. The number of pyridine rings is 1. The van der Waals surface area contributed by atoms with Crippen molar-refractivity contribution in [1.82, 2.24) is 4.98 Å². The highest BCUT2D eigenvalue weighted by molar-refractivity contribution is 6.17. The van der Waals surface area contributed by atoms with Gasteiger partial charge in [0.15, 0.2) is 0 Å². The van der Waals surface area contributed by atoms with E-state index in [0.717, 1.165) is 35.2 Å². The van der Waals surface area contributed by atoms with Gasteiger partial charge in [-0.15, -0.1) is 11.6 Å². The molecule has 0 fully saturated rings. The Morgan fingerprint density at radius 1 is 1.33 bits per heavy atom. The summed E-state index contributed by atoms with van der Waals surface area (Å²) in [6, 6.07) is 9.95. The third kappa shape index (κ3) is 2.94. The molecular formula is C15H18ClNO. The molecule has 18 heavy (non-hydrogen) atoms. The van der Waals surface area contributed by atoms with Crippen molar-refractivity contribution in [2.45, 2.75) is 38.7 Å². The predicted molar refractivity (Wildman–Crippen MR) is 76.3 cm³/mol. The fraction of sp³-hybridized carbons (Fsp3) is 0.400. The number of fused-ring (bicyclic) bond motifs is 1. The second kappa shape index (κ2) is 6.05. The van der Waals surface area contributed by atoms with Crippen LogP contribution in [0.15, 0.2) is 30.3 Å². The molecule has 2 aromatic rings. The first-order valence-corrected chi connectivity index (χ1v) is 6.89. The van der Waals surface area contributed by atoms with E-state index in [1.807, 2.05) is 30.3 Å². The molecule has 0 spiro atoms. The molecule has 0 N–H and O–H groups in total. The lowest BCUT2D eigenvalue weighted by molar-refractivity contribution is 0.212. The molecule has 3 heteroatoms. The van der Waals surface area contributed by atoms with Crippen molar-refractivity contribution in [2.24, 2.45) is 0 Å². The fourth-order valence-electron chi connectivity index (χ4n) is 2.04. The number of alkyl halides is 1. The number of hydrogen-bond donors (Lipinski definition) is 0. The van der Waals surface area contributed by atoms with Gasteiger partial charge in [-0.1, -0.05) is 25.5 Å². The minimum absolute atomic E-state index is 0.212. The van der Waals surface area contributed by atoms with Crippen molar-refractivity contribution in [1.29, 1.82) is 0 Å². The van der Waals surface area contributed by atoms with Crippen LogP contribution >= 0.6 is 11.6 Å². The van der Waals surface area contributed by atoms with Gasteiger partial charge in [0.2, 0.25) is 0 Å². The van der Waals surface area contributed by atoms with Crippen LogP contribution in [0.25, 0.3) is 10.9 Å². The van der Waals surface area contributed by atoms with E-state index in [0.29, 0.717) is 5.88 Å². The number of nitrogens with zero attached hydrogens (tertiary/aromatic N) is 1. The molecule has 96 valence electrons. The molecule has 1 aromatic heterocycles. The van der Waals surface area contributed by atoms with Gasteiger partial charge >= 0.3 is 0 Å². The van der Waals surface area contributed by atoms with Crippen LogP contribution in [0.2, 0.25) is 0 Å². The second-order valence-electron chi connectivity index (χ2n) is 4.48. The Morgan fingerprint density at radius 2 is 2.11 bits per heavy atom. The Hall–Kier alpha value is -1.28. The fourth-order valence-corrected chi connectivity index (χ4v) is 2.18. The van der Waals surface area contributed by atoms with Crippen LogP contribution in [0, 0.1) is 0 Å². The van der Waals surface area contributed by atoms with Crippen molar-refractivity contribution in [2.75, 3.05) is 0 Å². The van der Waals surface area contributed by atoms with Crippen molar-refractivity contribution >= 4 is 22.5 Å². The maximum atomic E-state index is 6.01. The molecule has 0 radical (unpaired) electrons. The minimum atomic E-state index is 0.212. The summed E-state index contributed by atoms with van der Waals surface area (Å²) >= 11 is 5.88. The van der Waals surface area contributed by atoms with Gasteiger partial charge in [-0.05, 0) is 25.5 Å². The zero-order chi connectivity index (χ0) is 13.0. The molecule has 1 aromatic carbocycles. The molecule has 0 saturated carbocycles. The molecule has 1 heterocycles. The monoisotopic (exact) mass is 263 g/mol. The first kappa shape index (κ1) is 13.2. The number of ether oxygens (including phenoxy) is 1. The van der Waals surface area contributed by atoms with Crippen LogP contribution in [0.3, 0.4) is 0 Å². The molecule has 0 aliphatic rings. The highest BCUT2D eigenvalue weighted by atomic mass is 35.5. The van der Waals surface area contributed by atoms with Gasteiger partial charge in [0.1, 0.15) is 5.75 Å². The van der Waals surface area contributed by atoms with Crippen molar-refractivity contribution in [3.8, 4) is 5.75 Å². The number of aromatic nitrogens is 1. The molecule has 0 amide bonds. The zero-order valence-electron chi connectivity index (χ0n) is 10.8. The van der Waals surface area contributed by atoms with E-state index in [-0.39, 0.29) is 6.10 Å². The van der Waals surface area contributed by atoms with Crippen molar-refractivity contribution < 1.29 is 4.74 Å². The second-order valence-corrected chi connectivity index (χ2v) is 4.75. The van der Waals surface area contributed by atoms with E-state index < -0.39 is 0 Å². The summed E-state index contributed by atoms with van der Waals surface area (Å²) < 4.78 is 6.01. The van der Waals surface area contributed by atoms with Gasteiger partial charge in [-0.25, -0.2) is 0 Å². The van der Waals surface area contributed by atoms with E-state index in [4.69, 9.17) is 16.3 Å². The summed E-state index contributed by atoms with van der Waals surface area (Å²) in [6.45, 7) is 4.26. The topological polar surface area (TPSA) is 22.1 Å². The summed E-state index contributed by atoms with van der Waals surface area (Å²) in [5.41, 5.74) is 1.79. The molecule has 2 rings (SSSR count). The lowest BCUT2D eigenvalue weighted by Gasteiger charge is -2.16. The molecule has 0 aliphatic heterocycles. The van der Waals surface area contributed by atoms with Crippen LogP contribution < -0.4 is 4.74 Å². The summed E-state index contributed by atoms with van der Waals surface area (Å²) in [5.74, 6) is 1.29. The van der Waals surface area contributed by atoms with Gasteiger partial charge in [0.05, 0.1) is 23.2 Å². The standard InChI is InChI=1S/C15H18ClNO/c1-3-6-11(2)18-15-9-12(10-16)17-14-8-5-4-7-13(14)15/h4-5,7-9,11H,3,6,10H2,1-2H3. The van der Waals surface area contributed by atoms with Gasteiger partial charge in [0, 0.05) is 11.5 Å². The SMILES string of the molecule is CCCC(C)Oc1cc(CCl)nc2ccccc12. The maximum Gasteiger partial charge on any atom is 0.130 e. The Labute approximate surface area is 113 Å². The van der Waals surface area contributed by atoms with Gasteiger partial charge in [-0.2, -0.15) is 0 Å². The van der Waals surface area contributed by atoms with Gasteiger partial charge in [-0.3, -0.25) is 4.98 Å². The Balaban J connectivity index is 2.40. The highest BCUT2D eigenvalue weighted by Crippen LogP contribution is 2.27. The van der Waals surface area contributed by atoms with Crippen LogP contribution in [0.5, 0.6) is 5.75 Å². The van der Waals surface area contributed by atoms with Crippen LogP contribution in [0.1, 0.15) is 32.4 Å². The van der Waals surface area contributed by atoms with Gasteiger partial charge in [0.25, 0.3) is 0 Å². The third-order valence-corrected chi connectivity index (χ3v) is 3.17. The third-order valence-electron chi connectivity index (χ3n) is 2.89. The van der Waals surface area contributed by atoms with Gasteiger partial charge < -0.3 is 4.74 Å². The number of para-hydroxylation sites is 1. The van der Waals surface area contributed by atoms with Crippen molar-refractivity contribution in [3.05, 3.63) is 36.0 Å². The summed E-state index contributed by atoms with van der Waals surface area (Å²) in [7, 11) is 0. The molecular weight excluding hydrogens is 246 g/mol.